The van der Waals surface area contributed by atoms with Crippen molar-refractivity contribution in [3.05, 3.63) is 59.7 Å². The first-order valence-corrected chi connectivity index (χ1v) is 13.4. The number of aliphatic hydroxyl groups excluding tert-OH is 1. The van der Waals surface area contributed by atoms with Crippen LogP contribution in [0.1, 0.15) is 6.42 Å². The molecule has 11 heteroatoms. The van der Waals surface area contributed by atoms with Gasteiger partial charge in [0.25, 0.3) is 0 Å². The van der Waals surface area contributed by atoms with Gasteiger partial charge in [-0.2, -0.15) is 0 Å². The molecular weight excluding hydrogens is 525 g/mol. The number of likely N-dealkylation sites (tertiary alicyclic amines) is 1. The van der Waals surface area contributed by atoms with Gasteiger partial charge in [-0.3, -0.25) is 9.69 Å². The van der Waals surface area contributed by atoms with Crippen molar-refractivity contribution in [2.45, 2.75) is 12.5 Å². The van der Waals surface area contributed by atoms with Gasteiger partial charge in [0.05, 0.1) is 42.7 Å². The minimum Gasteiger partial charge on any atom is -0.491 e. The number of nitrogens with one attached hydrogen (secondary N) is 2. The van der Waals surface area contributed by atoms with Crippen molar-refractivity contribution in [2.75, 3.05) is 50.2 Å². The molecule has 0 bridgehead atoms. The van der Waals surface area contributed by atoms with Gasteiger partial charge in [0.2, 0.25) is 5.91 Å². The summed E-state index contributed by atoms with van der Waals surface area (Å²) in [5.74, 6) is 1.71. The second-order valence-electron chi connectivity index (χ2n) is 10.2. The third-order valence-corrected chi connectivity index (χ3v) is 8.11. The molecule has 6 rings (SSSR count). The summed E-state index contributed by atoms with van der Waals surface area (Å²) in [6, 6.07) is 8.05. The molecule has 3 fully saturated rings. The van der Waals surface area contributed by atoms with Crippen LogP contribution in [-0.4, -0.2) is 71.4 Å². The first-order chi connectivity index (χ1) is 19.0. The molecule has 1 amide bonds. The minimum absolute atomic E-state index is 0.00688. The Bertz CT molecular complexity index is 1410. The first kappa shape index (κ1) is 25.9. The average Bonchev–Trinajstić information content (AvgIpc) is 3.32. The fourth-order valence-electron chi connectivity index (χ4n) is 5.31. The number of aliphatic hydroxyl groups is 1. The summed E-state index contributed by atoms with van der Waals surface area (Å²) >= 11 is 5.95. The maximum Gasteiger partial charge on any atom is 0.248 e. The smallest absolute Gasteiger partial charge is 0.248 e. The zero-order valence-electron chi connectivity index (χ0n) is 21.1. The number of rotatable bonds is 10. The van der Waals surface area contributed by atoms with Gasteiger partial charge < -0.3 is 25.2 Å². The molecule has 1 saturated carbocycles. The minimum atomic E-state index is -0.512. The van der Waals surface area contributed by atoms with Crippen LogP contribution in [0.2, 0.25) is 5.02 Å². The van der Waals surface area contributed by atoms with E-state index in [-0.39, 0.29) is 23.6 Å². The van der Waals surface area contributed by atoms with Gasteiger partial charge in [0.1, 0.15) is 23.7 Å². The lowest BCUT2D eigenvalue weighted by Gasteiger charge is -2.39. The van der Waals surface area contributed by atoms with Crippen molar-refractivity contribution in [1.82, 2.24) is 14.9 Å². The van der Waals surface area contributed by atoms with Gasteiger partial charge in [-0.05, 0) is 42.5 Å². The van der Waals surface area contributed by atoms with Crippen LogP contribution in [0.5, 0.6) is 5.75 Å². The average molecular weight is 554 g/mol. The van der Waals surface area contributed by atoms with E-state index in [9.17, 15) is 14.3 Å². The number of hydrogen-bond acceptors (Lipinski definition) is 8. The van der Waals surface area contributed by atoms with E-state index in [1.807, 2.05) is 0 Å². The van der Waals surface area contributed by atoms with Gasteiger partial charge in [0, 0.05) is 48.3 Å². The van der Waals surface area contributed by atoms with Crippen LogP contribution in [0.25, 0.3) is 10.9 Å². The third kappa shape index (κ3) is 5.56. The number of ether oxygens (including phenoxy) is 2. The van der Waals surface area contributed by atoms with E-state index in [4.69, 9.17) is 21.1 Å². The summed E-state index contributed by atoms with van der Waals surface area (Å²) in [6.45, 7) is 3.70. The topological polar surface area (TPSA) is 109 Å². The predicted molar refractivity (Wildman–Crippen MR) is 146 cm³/mol. The quantitative estimate of drug-likeness (QED) is 0.323. The fraction of sp³-hybridized carbons (Fsp3) is 0.393. The van der Waals surface area contributed by atoms with Gasteiger partial charge in [-0.25, -0.2) is 14.4 Å². The fourth-order valence-corrected chi connectivity index (χ4v) is 5.49. The van der Waals surface area contributed by atoms with Gasteiger partial charge in [0.15, 0.2) is 0 Å². The maximum absolute atomic E-state index is 13.6. The highest BCUT2D eigenvalue weighted by Crippen LogP contribution is 2.51. The van der Waals surface area contributed by atoms with Crippen molar-refractivity contribution in [1.29, 1.82) is 0 Å². The monoisotopic (exact) mass is 553 g/mol. The number of fused-ring (bicyclic) bond motifs is 2. The molecule has 9 nitrogen and oxygen atoms in total. The van der Waals surface area contributed by atoms with E-state index in [1.54, 1.807) is 24.3 Å². The molecule has 3 aliphatic rings. The Morgan fingerprint density at radius 1 is 1.26 bits per heavy atom. The maximum atomic E-state index is 13.6. The van der Waals surface area contributed by atoms with Gasteiger partial charge >= 0.3 is 0 Å². The predicted octanol–water partition coefficient (Wildman–Crippen LogP) is 4.00. The van der Waals surface area contributed by atoms with Gasteiger partial charge in [-0.1, -0.05) is 17.7 Å². The lowest BCUT2D eigenvalue weighted by molar-refractivity contribution is -0.111. The van der Waals surface area contributed by atoms with E-state index >= 15 is 0 Å². The highest BCUT2D eigenvalue weighted by Gasteiger charge is 2.54. The highest BCUT2D eigenvalue weighted by atomic mass is 35.5. The number of halogens is 2. The number of benzene rings is 2. The molecule has 39 heavy (non-hydrogen) atoms. The molecule has 0 spiro atoms. The van der Waals surface area contributed by atoms with Crippen LogP contribution >= 0.6 is 11.6 Å². The van der Waals surface area contributed by atoms with Crippen molar-refractivity contribution in [2.24, 2.45) is 17.8 Å². The number of amides is 1. The van der Waals surface area contributed by atoms with Crippen LogP contribution in [0.3, 0.4) is 0 Å². The molecule has 0 radical (unpaired) electrons. The number of carbonyl (C=O) groups is 1. The number of carbonyl (C=O) groups excluding carboxylic acids is 1. The number of nitrogens with zero attached hydrogens (tertiary/aromatic N) is 3. The van der Waals surface area contributed by atoms with Crippen LogP contribution in [0, 0.1) is 23.6 Å². The number of aromatic nitrogens is 2. The second-order valence-corrected chi connectivity index (χ2v) is 10.6. The highest BCUT2D eigenvalue weighted by molar-refractivity contribution is 6.31. The molecule has 3 aromatic rings. The number of anilines is 3. The van der Waals surface area contributed by atoms with Crippen molar-refractivity contribution in [3.63, 3.8) is 0 Å². The molecule has 204 valence electrons. The molecule has 3 unspecified atom stereocenters. The number of hydrogen-bond donors (Lipinski definition) is 3. The summed E-state index contributed by atoms with van der Waals surface area (Å²) in [5, 5.41) is 16.1. The van der Waals surface area contributed by atoms with Gasteiger partial charge in [-0.15, -0.1) is 0 Å². The van der Waals surface area contributed by atoms with E-state index in [1.165, 1.54) is 24.5 Å². The Kier molecular flexibility index (Phi) is 7.35. The summed E-state index contributed by atoms with van der Waals surface area (Å²) < 4.78 is 25.4. The van der Waals surface area contributed by atoms with Crippen LogP contribution in [0.4, 0.5) is 21.6 Å². The van der Waals surface area contributed by atoms with E-state index < -0.39 is 5.82 Å². The Hall–Kier alpha value is -3.31. The summed E-state index contributed by atoms with van der Waals surface area (Å²) in [6.07, 6.45) is 5.67. The Morgan fingerprint density at radius 2 is 2.10 bits per heavy atom. The zero-order valence-corrected chi connectivity index (χ0v) is 21.9. The molecular formula is C28H29ClFN5O4. The van der Waals surface area contributed by atoms with Crippen molar-refractivity contribution in [3.8, 4) is 5.75 Å². The van der Waals surface area contributed by atoms with E-state index in [0.717, 1.165) is 26.2 Å². The summed E-state index contributed by atoms with van der Waals surface area (Å²) in [4.78, 5) is 23.7. The Labute approximate surface area is 230 Å². The van der Waals surface area contributed by atoms with Crippen molar-refractivity contribution < 1.29 is 23.8 Å². The molecule has 3 N–H and O–H groups in total. The molecule has 1 aliphatic carbocycles. The van der Waals surface area contributed by atoms with Crippen LogP contribution in [0.15, 0.2) is 48.8 Å². The summed E-state index contributed by atoms with van der Waals surface area (Å²) in [7, 11) is 0. The zero-order chi connectivity index (χ0) is 26.9. The summed E-state index contributed by atoms with van der Waals surface area (Å²) in [5.41, 5.74) is 1.67. The van der Waals surface area contributed by atoms with Crippen LogP contribution in [-0.2, 0) is 9.53 Å². The molecule has 3 heterocycles. The Balaban J connectivity index is 1.24. The molecule has 3 atom stereocenters. The molecule has 2 aromatic carbocycles. The largest absolute Gasteiger partial charge is 0.491 e. The molecule has 1 aromatic heterocycles. The third-order valence-electron chi connectivity index (χ3n) is 7.82. The molecule has 2 saturated heterocycles. The first-order valence-electron chi connectivity index (χ1n) is 13.0. The lowest BCUT2D eigenvalue weighted by Crippen LogP contribution is -2.49. The van der Waals surface area contributed by atoms with Crippen molar-refractivity contribution >= 4 is 45.6 Å². The Morgan fingerprint density at radius 3 is 2.85 bits per heavy atom. The van der Waals surface area contributed by atoms with E-state index in [2.05, 4.69) is 25.5 Å². The van der Waals surface area contributed by atoms with E-state index in [0.29, 0.717) is 64.8 Å². The normalized spacial score (nSPS) is 24.0. The lowest BCUT2D eigenvalue weighted by atomic mass is 10.0. The molecule has 2 aliphatic heterocycles. The SMILES string of the molecule is O=C(C=CCN1CCC1CO)Nc1cc2c(Nc3ccc(F)c(Cl)c3)ncnc2cc1OCC1C2COCC21. The second kappa shape index (κ2) is 11.1. The standard InChI is InChI=1S/C28H29ClFN5O4/c29-22-8-16(3-4-23(22)30)33-28-18-9-25(34-27(37)2-1-6-35-7-5-17(35)11-36)26(10-24(18)31-15-32-28)39-14-21-19-12-38-13-20(19)21/h1-4,8-10,15,17,19-21,36H,5-7,11-14H2,(H,34,37)(H,31,32,33). The van der Waals surface area contributed by atoms with Crippen LogP contribution < -0.4 is 15.4 Å².